The van der Waals surface area contributed by atoms with Crippen LogP contribution in [0.25, 0.3) is 10.4 Å². The van der Waals surface area contributed by atoms with E-state index in [4.69, 9.17) is 0 Å². The third kappa shape index (κ3) is 3.22. The van der Waals surface area contributed by atoms with Gasteiger partial charge in [-0.1, -0.05) is 35.8 Å². The number of aryl methyl sites for hydroxylation is 1. The molecule has 1 N–H and O–H groups in total. The van der Waals surface area contributed by atoms with E-state index in [1.165, 1.54) is 20.9 Å². The van der Waals surface area contributed by atoms with Gasteiger partial charge in [-0.2, -0.15) is 0 Å². The first-order valence-corrected chi connectivity index (χ1v) is 7.93. The van der Waals surface area contributed by atoms with E-state index >= 15 is 0 Å². The van der Waals surface area contributed by atoms with Crippen LogP contribution in [0.2, 0.25) is 0 Å². The zero-order valence-corrected chi connectivity index (χ0v) is 13.2. The van der Waals surface area contributed by atoms with E-state index in [2.05, 4.69) is 65.4 Å². The molecule has 0 atom stereocenters. The Morgan fingerprint density at radius 2 is 2.00 bits per heavy atom. The second kappa shape index (κ2) is 6.50. The average Bonchev–Trinajstić information content (AvgIpc) is 2.84. The number of thiophene rings is 1. The summed E-state index contributed by atoms with van der Waals surface area (Å²) in [6.45, 7) is 6.34. The van der Waals surface area contributed by atoms with Gasteiger partial charge < -0.3 is 5.32 Å². The van der Waals surface area contributed by atoms with E-state index < -0.39 is 0 Å². The first-order valence-electron chi connectivity index (χ1n) is 6.32. The minimum atomic E-state index is 0.971. The monoisotopic (exact) mass is 323 g/mol. The average molecular weight is 324 g/mol. The predicted molar refractivity (Wildman–Crippen MR) is 84.2 cm³/mol. The summed E-state index contributed by atoms with van der Waals surface area (Å²) in [6.07, 6.45) is 1.06. The van der Waals surface area contributed by atoms with E-state index in [1.54, 1.807) is 0 Å². The number of halogens is 1. The van der Waals surface area contributed by atoms with Gasteiger partial charge >= 0.3 is 0 Å². The minimum absolute atomic E-state index is 0.971. The molecule has 0 saturated carbocycles. The van der Waals surface area contributed by atoms with E-state index in [0.29, 0.717) is 0 Å². The molecule has 1 aromatic carbocycles. The topological polar surface area (TPSA) is 12.0 Å². The van der Waals surface area contributed by atoms with Gasteiger partial charge in [0.2, 0.25) is 0 Å². The fourth-order valence-corrected chi connectivity index (χ4v) is 3.41. The molecule has 0 aliphatic rings. The summed E-state index contributed by atoms with van der Waals surface area (Å²) in [7, 11) is 0. The van der Waals surface area contributed by atoms with Crippen LogP contribution < -0.4 is 5.32 Å². The molecule has 0 radical (unpaired) electrons. The summed E-state index contributed by atoms with van der Waals surface area (Å²) < 4.78 is 1.16. The van der Waals surface area contributed by atoms with E-state index in [9.17, 15) is 0 Å². The van der Waals surface area contributed by atoms with Crippen molar-refractivity contribution in [3.8, 4) is 10.4 Å². The maximum atomic E-state index is 3.54. The van der Waals surface area contributed by atoms with Crippen LogP contribution >= 0.6 is 27.3 Å². The lowest BCUT2D eigenvalue weighted by Gasteiger charge is -2.06. The molecule has 0 bridgehead atoms. The molecule has 2 rings (SSSR count). The summed E-state index contributed by atoms with van der Waals surface area (Å²) in [5, 5.41) is 3.37. The number of hydrogen-bond acceptors (Lipinski definition) is 2. The van der Waals surface area contributed by atoms with E-state index in [0.717, 1.165) is 24.0 Å². The molecule has 0 saturated heterocycles. The summed E-state index contributed by atoms with van der Waals surface area (Å²) >= 11 is 5.43. The summed E-state index contributed by atoms with van der Waals surface area (Å²) in [5.41, 5.74) is 2.77. The number of benzene rings is 1. The Balaban J connectivity index is 2.28. The van der Waals surface area contributed by atoms with Crippen molar-refractivity contribution >= 4 is 27.3 Å². The van der Waals surface area contributed by atoms with Crippen molar-refractivity contribution in [1.29, 1.82) is 0 Å². The smallest absolute Gasteiger partial charge is 0.0348 e. The van der Waals surface area contributed by atoms with Gasteiger partial charge in [-0.15, -0.1) is 11.3 Å². The lowest BCUT2D eigenvalue weighted by molar-refractivity contribution is 0.735. The molecule has 0 amide bonds. The predicted octanol–water partition coefficient (Wildman–Crippen LogP) is 4.85. The Kier molecular flexibility index (Phi) is 4.98. The molecule has 18 heavy (non-hydrogen) atoms. The molecule has 0 aliphatic heterocycles. The van der Waals surface area contributed by atoms with Crippen LogP contribution in [0.3, 0.4) is 0 Å². The molecule has 1 nitrogen and oxygen atoms in total. The Bertz CT molecular complexity index is 519. The second-order valence-corrected chi connectivity index (χ2v) is 6.29. The molecule has 96 valence electrons. The normalized spacial score (nSPS) is 10.8. The molecule has 1 aromatic heterocycles. The lowest BCUT2D eigenvalue weighted by atomic mass is 10.0. The quantitative estimate of drug-likeness (QED) is 0.829. The van der Waals surface area contributed by atoms with Crippen LogP contribution in [0.5, 0.6) is 0 Å². The lowest BCUT2D eigenvalue weighted by Crippen LogP contribution is -2.10. The van der Waals surface area contributed by atoms with E-state index in [1.807, 2.05) is 11.3 Å². The van der Waals surface area contributed by atoms with Gasteiger partial charge in [0.15, 0.2) is 0 Å². The first-order chi connectivity index (χ1) is 8.74. The molecule has 3 heteroatoms. The standard InChI is InChI=1S/C15H18BrNS/c1-3-11-9-12(16)5-7-14(11)15-8-6-13(18-15)10-17-4-2/h5-9,17H,3-4,10H2,1-2H3. The summed E-state index contributed by atoms with van der Waals surface area (Å²) in [6, 6.07) is 11.0. The zero-order valence-electron chi connectivity index (χ0n) is 10.8. The van der Waals surface area contributed by atoms with Crippen molar-refractivity contribution in [3.63, 3.8) is 0 Å². The molecule has 0 spiro atoms. The molecule has 1 heterocycles. The van der Waals surface area contributed by atoms with Crippen LogP contribution in [-0.2, 0) is 13.0 Å². The van der Waals surface area contributed by atoms with Crippen LogP contribution in [0.1, 0.15) is 24.3 Å². The Labute approximate surface area is 121 Å². The third-order valence-corrected chi connectivity index (χ3v) is 4.54. The van der Waals surface area contributed by atoms with Gasteiger partial charge in [-0.3, -0.25) is 0 Å². The molecular formula is C15H18BrNS. The van der Waals surface area contributed by atoms with Gasteiger partial charge in [0.1, 0.15) is 0 Å². The fourth-order valence-electron chi connectivity index (χ4n) is 1.96. The minimum Gasteiger partial charge on any atom is -0.312 e. The molecule has 2 aromatic rings. The Morgan fingerprint density at radius 1 is 1.17 bits per heavy atom. The van der Waals surface area contributed by atoms with Crippen LogP contribution in [-0.4, -0.2) is 6.54 Å². The van der Waals surface area contributed by atoms with Crippen LogP contribution in [0.4, 0.5) is 0 Å². The van der Waals surface area contributed by atoms with Gasteiger partial charge in [-0.25, -0.2) is 0 Å². The van der Waals surface area contributed by atoms with Gasteiger partial charge in [0, 0.05) is 20.8 Å². The van der Waals surface area contributed by atoms with Crippen molar-refractivity contribution in [2.24, 2.45) is 0 Å². The Hall–Kier alpha value is -0.640. The molecule has 0 fully saturated rings. The number of hydrogen-bond donors (Lipinski definition) is 1. The maximum absolute atomic E-state index is 3.54. The molecule has 0 unspecified atom stereocenters. The van der Waals surface area contributed by atoms with Gasteiger partial charge in [0.05, 0.1) is 0 Å². The highest BCUT2D eigenvalue weighted by molar-refractivity contribution is 9.10. The third-order valence-electron chi connectivity index (χ3n) is 2.92. The van der Waals surface area contributed by atoms with Crippen molar-refractivity contribution in [1.82, 2.24) is 5.32 Å². The van der Waals surface area contributed by atoms with Crippen molar-refractivity contribution in [2.75, 3.05) is 6.54 Å². The van der Waals surface area contributed by atoms with Crippen molar-refractivity contribution in [2.45, 2.75) is 26.8 Å². The van der Waals surface area contributed by atoms with Crippen LogP contribution in [0.15, 0.2) is 34.8 Å². The van der Waals surface area contributed by atoms with E-state index in [-0.39, 0.29) is 0 Å². The van der Waals surface area contributed by atoms with Crippen molar-refractivity contribution in [3.05, 3.63) is 45.2 Å². The largest absolute Gasteiger partial charge is 0.312 e. The Morgan fingerprint density at radius 3 is 2.72 bits per heavy atom. The van der Waals surface area contributed by atoms with Gasteiger partial charge in [0.25, 0.3) is 0 Å². The number of nitrogens with one attached hydrogen (secondary N) is 1. The highest BCUT2D eigenvalue weighted by Crippen LogP contribution is 2.32. The number of rotatable bonds is 5. The first kappa shape index (κ1) is 13.8. The van der Waals surface area contributed by atoms with Crippen molar-refractivity contribution < 1.29 is 0 Å². The highest BCUT2D eigenvalue weighted by Gasteiger charge is 2.07. The maximum Gasteiger partial charge on any atom is 0.0348 e. The summed E-state index contributed by atoms with van der Waals surface area (Å²) in [5.74, 6) is 0. The molecular weight excluding hydrogens is 306 g/mol. The van der Waals surface area contributed by atoms with Crippen LogP contribution in [0, 0.1) is 0 Å². The second-order valence-electron chi connectivity index (χ2n) is 4.20. The molecule has 0 aliphatic carbocycles. The summed E-state index contributed by atoms with van der Waals surface area (Å²) in [4.78, 5) is 2.77. The fraction of sp³-hybridized carbons (Fsp3) is 0.333. The zero-order chi connectivity index (χ0) is 13.0. The highest BCUT2D eigenvalue weighted by atomic mass is 79.9. The van der Waals surface area contributed by atoms with Gasteiger partial charge in [-0.05, 0) is 48.4 Å². The SMILES string of the molecule is CCNCc1ccc(-c2ccc(Br)cc2CC)s1.